The molecule has 28 heavy (non-hydrogen) atoms. The van der Waals surface area contributed by atoms with Crippen molar-refractivity contribution in [2.75, 3.05) is 11.4 Å². The molecule has 3 rings (SSSR count). The monoisotopic (exact) mass is 382 g/mol. The first kappa shape index (κ1) is 19.8. The summed E-state index contributed by atoms with van der Waals surface area (Å²) in [5.74, 6) is 0.242. The lowest BCUT2D eigenvalue weighted by atomic mass is 9.95. The van der Waals surface area contributed by atoms with E-state index in [9.17, 15) is 14.4 Å². The standard InChI is InChI=1S/C21H26N4O3/c1-13-17(19(28)24-20(23-13)21(2,3)4)18(27)22-12-14-7-9-15(10-8-14)25-11-5-6-16(25)26/h7-10H,5-6,11-12H2,1-4H3,(H,22,27)(H,23,24,28). The lowest BCUT2D eigenvalue weighted by molar-refractivity contribution is -0.117. The molecular formula is C21H26N4O3. The maximum absolute atomic E-state index is 12.5. The van der Waals surface area contributed by atoms with Crippen molar-refractivity contribution in [2.45, 2.75) is 52.5 Å². The molecular weight excluding hydrogens is 356 g/mol. The van der Waals surface area contributed by atoms with Gasteiger partial charge in [0.1, 0.15) is 11.4 Å². The highest BCUT2D eigenvalue weighted by Gasteiger charge is 2.23. The van der Waals surface area contributed by atoms with Crippen molar-refractivity contribution < 1.29 is 9.59 Å². The fourth-order valence-electron chi connectivity index (χ4n) is 3.19. The number of hydrogen-bond acceptors (Lipinski definition) is 4. The second-order valence-electron chi connectivity index (χ2n) is 8.12. The van der Waals surface area contributed by atoms with Gasteiger partial charge in [0.15, 0.2) is 0 Å². The number of hydrogen-bond donors (Lipinski definition) is 2. The van der Waals surface area contributed by atoms with E-state index in [1.54, 1.807) is 11.8 Å². The molecule has 1 aromatic carbocycles. The van der Waals surface area contributed by atoms with Crippen LogP contribution in [-0.2, 0) is 16.8 Å². The zero-order valence-corrected chi connectivity index (χ0v) is 16.8. The van der Waals surface area contributed by atoms with Crippen molar-refractivity contribution in [1.29, 1.82) is 0 Å². The Labute approximate surface area is 164 Å². The number of amides is 2. The summed E-state index contributed by atoms with van der Waals surface area (Å²) in [6.07, 6.45) is 1.47. The van der Waals surface area contributed by atoms with Gasteiger partial charge >= 0.3 is 0 Å². The van der Waals surface area contributed by atoms with Crippen molar-refractivity contribution in [3.8, 4) is 0 Å². The van der Waals surface area contributed by atoms with E-state index < -0.39 is 11.5 Å². The molecule has 2 amide bonds. The van der Waals surface area contributed by atoms with E-state index in [1.165, 1.54) is 0 Å². The number of aromatic nitrogens is 2. The number of nitrogens with zero attached hydrogens (tertiary/aromatic N) is 2. The van der Waals surface area contributed by atoms with Gasteiger partial charge in [-0.05, 0) is 31.0 Å². The van der Waals surface area contributed by atoms with Crippen LogP contribution in [0.3, 0.4) is 0 Å². The highest BCUT2D eigenvalue weighted by atomic mass is 16.2. The Hall–Kier alpha value is -2.96. The molecule has 0 spiro atoms. The summed E-state index contributed by atoms with van der Waals surface area (Å²) < 4.78 is 0. The minimum atomic E-state index is -0.453. The van der Waals surface area contributed by atoms with Gasteiger partial charge in [-0.3, -0.25) is 14.4 Å². The summed E-state index contributed by atoms with van der Waals surface area (Å²) >= 11 is 0. The molecule has 1 aromatic heterocycles. The van der Waals surface area contributed by atoms with Gasteiger partial charge in [-0.2, -0.15) is 0 Å². The molecule has 1 fully saturated rings. The second kappa shape index (κ2) is 7.58. The van der Waals surface area contributed by atoms with E-state index in [0.717, 1.165) is 24.2 Å². The lowest BCUT2D eigenvalue weighted by Gasteiger charge is -2.18. The molecule has 0 atom stereocenters. The van der Waals surface area contributed by atoms with Crippen molar-refractivity contribution in [3.05, 3.63) is 57.3 Å². The Kier molecular flexibility index (Phi) is 5.36. The van der Waals surface area contributed by atoms with Crippen molar-refractivity contribution >= 4 is 17.5 Å². The molecule has 1 saturated heterocycles. The van der Waals surface area contributed by atoms with Gasteiger partial charge in [-0.1, -0.05) is 32.9 Å². The number of aryl methyl sites for hydroxylation is 1. The summed E-state index contributed by atoms with van der Waals surface area (Å²) in [6, 6.07) is 7.50. The molecule has 0 aliphatic carbocycles. The third-order valence-electron chi connectivity index (χ3n) is 4.81. The smallest absolute Gasteiger partial charge is 0.264 e. The molecule has 0 saturated carbocycles. The van der Waals surface area contributed by atoms with Gasteiger partial charge in [-0.25, -0.2) is 4.98 Å². The average Bonchev–Trinajstić information content (AvgIpc) is 3.05. The van der Waals surface area contributed by atoms with Crippen molar-refractivity contribution in [3.63, 3.8) is 0 Å². The van der Waals surface area contributed by atoms with Gasteiger partial charge in [0.2, 0.25) is 5.91 Å². The van der Waals surface area contributed by atoms with Crippen LogP contribution in [0.25, 0.3) is 0 Å². The summed E-state index contributed by atoms with van der Waals surface area (Å²) in [7, 11) is 0. The van der Waals surface area contributed by atoms with Crippen LogP contribution < -0.4 is 15.8 Å². The fraction of sp³-hybridized carbons (Fsp3) is 0.429. The normalized spacial score (nSPS) is 14.4. The first-order valence-electron chi connectivity index (χ1n) is 9.46. The predicted octanol–water partition coefficient (Wildman–Crippen LogP) is 2.43. The van der Waals surface area contributed by atoms with E-state index in [2.05, 4.69) is 15.3 Å². The SMILES string of the molecule is Cc1nc(C(C)(C)C)[nH]c(=O)c1C(=O)NCc1ccc(N2CCCC2=O)cc1. The molecule has 0 unspecified atom stereocenters. The molecule has 2 aromatic rings. The van der Waals surface area contributed by atoms with E-state index >= 15 is 0 Å². The van der Waals surface area contributed by atoms with Gasteiger partial charge in [0, 0.05) is 30.6 Å². The number of carbonyl (C=O) groups excluding carboxylic acids is 2. The van der Waals surface area contributed by atoms with Crippen LogP contribution in [0.1, 0.15) is 61.1 Å². The first-order chi connectivity index (χ1) is 13.2. The maximum Gasteiger partial charge on any atom is 0.264 e. The quantitative estimate of drug-likeness (QED) is 0.849. The van der Waals surface area contributed by atoms with Crippen LogP contribution in [0.2, 0.25) is 0 Å². The third kappa shape index (κ3) is 4.13. The topological polar surface area (TPSA) is 95.2 Å². The Bertz CT molecular complexity index is 955. The Morgan fingerprint density at radius 1 is 1.21 bits per heavy atom. The van der Waals surface area contributed by atoms with Crippen LogP contribution in [0.15, 0.2) is 29.1 Å². The molecule has 1 aliphatic heterocycles. The van der Waals surface area contributed by atoms with Gasteiger partial charge in [0.05, 0.1) is 5.69 Å². The number of carbonyl (C=O) groups is 2. The van der Waals surface area contributed by atoms with Crippen LogP contribution in [0, 0.1) is 6.92 Å². The summed E-state index contributed by atoms with van der Waals surface area (Å²) in [5, 5.41) is 2.77. The van der Waals surface area contributed by atoms with E-state index in [-0.39, 0.29) is 23.4 Å². The number of nitrogens with one attached hydrogen (secondary N) is 2. The Morgan fingerprint density at radius 3 is 2.43 bits per heavy atom. The van der Waals surface area contributed by atoms with Crippen molar-refractivity contribution in [1.82, 2.24) is 15.3 Å². The molecule has 148 valence electrons. The minimum absolute atomic E-state index is 0.0345. The summed E-state index contributed by atoms with van der Waals surface area (Å²) in [5.41, 5.74) is 1.46. The number of anilines is 1. The van der Waals surface area contributed by atoms with E-state index in [1.807, 2.05) is 45.0 Å². The van der Waals surface area contributed by atoms with E-state index in [0.29, 0.717) is 17.9 Å². The number of aromatic amines is 1. The largest absolute Gasteiger partial charge is 0.348 e. The van der Waals surface area contributed by atoms with Gasteiger partial charge in [-0.15, -0.1) is 0 Å². The zero-order valence-electron chi connectivity index (χ0n) is 16.8. The predicted molar refractivity (Wildman–Crippen MR) is 107 cm³/mol. The molecule has 2 N–H and O–H groups in total. The van der Waals surface area contributed by atoms with Crippen LogP contribution in [0.5, 0.6) is 0 Å². The Balaban J connectivity index is 1.69. The molecule has 1 aliphatic rings. The van der Waals surface area contributed by atoms with Crippen LogP contribution in [-0.4, -0.2) is 28.3 Å². The Morgan fingerprint density at radius 2 is 1.89 bits per heavy atom. The number of rotatable bonds is 4. The molecule has 0 bridgehead atoms. The summed E-state index contributed by atoms with van der Waals surface area (Å²) in [4.78, 5) is 45.6. The molecule has 7 nitrogen and oxygen atoms in total. The van der Waals surface area contributed by atoms with E-state index in [4.69, 9.17) is 0 Å². The van der Waals surface area contributed by atoms with Crippen LogP contribution >= 0.6 is 0 Å². The van der Waals surface area contributed by atoms with Crippen molar-refractivity contribution in [2.24, 2.45) is 0 Å². The second-order valence-corrected chi connectivity index (χ2v) is 8.12. The first-order valence-corrected chi connectivity index (χ1v) is 9.46. The average molecular weight is 382 g/mol. The third-order valence-corrected chi connectivity index (χ3v) is 4.81. The molecule has 2 heterocycles. The zero-order chi connectivity index (χ0) is 20.5. The van der Waals surface area contributed by atoms with Gasteiger partial charge in [0.25, 0.3) is 11.5 Å². The number of benzene rings is 1. The van der Waals surface area contributed by atoms with Gasteiger partial charge < -0.3 is 15.2 Å². The maximum atomic E-state index is 12.5. The summed E-state index contributed by atoms with van der Waals surface area (Å²) in [6.45, 7) is 8.54. The molecule has 7 heteroatoms. The minimum Gasteiger partial charge on any atom is -0.348 e. The highest BCUT2D eigenvalue weighted by molar-refractivity contribution is 5.95. The highest BCUT2D eigenvalue weighted by Crippen LogP contribution is 2.21. The lowest BCUT2D eigenvalue weighted by Crippen LogP contribution is -2.33. The molecule has 0 radical (unpaired) electrons. The fourth-order valence-corrected chi connectivity index (χ4v) is 3.19. The number of H-pyrrole nitrogens is 1. The van der Waals surface area contributed by atoms with Crippen LogP contribution in [0.4, 0.5) is 5.69 Å².